The van der Waals surface area contributed by atoms with Gasteiger partial charge in [-0.1, -0.05) is 0 Å². The summed E-state index contributed by atoms with van der Waals surface area (Å²) in [6, 6.07) is -4.56. The molecule has 0 saturated carbocycles. The Morgan fingerprint density at radius 2 is 1.17 bits per heavy atom. The number of nitrogens with zero attached hydrogens (tertiary/aromatic N) is 1. The van der Waals surface area contributed by atoms with E-state index in [-0.39, 0.29) is 31.8 Å². The number of rotatable bonds is 20. The number of nitrogens with two attached hydrogens (primary N) is 5. The summed E-state index contributed by atoms with van der Waals surface area (Å²) in [6.07, 6.45) is 2.98. The third-order valence-corrected chi connectivity index (χ3v) is 5.25. The smallest absolute Gasteiger partial charge is 0.326 e. The van der Waals surface area contributed by atoms with Crippen molar-refractivity contribution in [2.45, 2.75) is 75.5 Å². The topological polar surface area (TPSA) is 287 Å². The number of aliphatic hydroxyl groups is 1. The van der Waals surface area contributed by atoms with Gasteiger partial charge in [-0.3, -0.25) is 19.4 Å². The molecule has 0 aliphatic rings. The number of carboxylic acids is 1. The van der Waals surface area contributed by atoms with Crippen molar-refractivity contribution in [3.05, 3.63) is 0 Å². The predicted molar refractivity (Wildman–Crippen MR) is 134 cm³/mol. The third kappa shape index (κ3) is 14.4. The van der Waals surface area contributed by atoms with Gasteiger partial charge < -0.3 is 54.8 Å². The van der Waals surface area contributed by atoms with Crippen molar-refractivity contribution in [2.24, 2.45) is 33.7 Å². The van der Waals surface area contributed by atoms with E-state index in [0.717, 1.165) is 0 Å². The Hall–Kier alpha value is -3.01. The number of guanidine groups is 1. The molecule has 0 aromatic carbocycles. The van der Waals surface area contributed by atoms with E-state index in [1.54, 1.807) is 0 Å². The van der Waals surface area contributed by atoms with Crippen LogP contribution in [-0.4, -0.2) is 90.3 Å². The van der Waals surface area contributed by atoms with Crippen LogP contribution < -0.4 is 44.6 Å². The zero-order valence-corrected chi connectivity index (χ0v) is 20.7. The van der Waals surface area contributed by atoms with Crippen LogP contribution in [0.2, 0.25) is 0 Å². The molecule has 15 heteroatoms. The second-order valence-corrected chi connectivity index (χ2v) is 8.33. The summed E-state index contributed by atoms with van der Waals surface area (Å²) >= 11 is 0. The van der Waals surface area contributed by atoms with Crippen molar-refractivity contribution in [3.8, 4) is 0 Å². The van der Waals surface area contributed by atoms with Crippen LogP contribution in [0.1, 0.15) is 51.4 Å². The number of amides is 3. The minimum absolute atomic E-state index is 0.100. The zero-order chi connectivity index (χ0) is 27.5. The molecule has 0 rings (SSSR count). The lowest BCUT2D eigenvalue weighted by Crippen LogP contribution is -2.57. The first-order chi connectivity index (χ1) is 17.1. The highest BCUT2D eigenvalue weighted by Crippen LogP contribution is 2.07. The Morgan fingerprint density at radius 3 is 1.61 bits per heavy atom. The van der Waals surface area contributed by atoms with Crippen molar-refractivity contribution < 1.29 is 29.4 Å². The SMILES string of the molecule is NCCCCC(NC(=O)C(CCCN=C(N)N)NC(=O)C(CCCCN)NC(=O)C(N)CO)C(=O)O. The molecular weight excluding hydrogens is 474 g/mol. The molecule has 15 N–H and O–H groups in total. The summed E-state index contributed by atoms with van der Waals surface area (Å²) in [5.74, 6) is -3.44. The first kappa shape index (κ1) is 33.0. The van der Waals surface area contributed by atoms with Crippen molar-refractivity contribution >= 4 is 29.7 Å². The molecule has 15 nitrogen and oxygen atoms in total. The average Bonchev–Trinajstić information content (AvgIpc) is 2.83. The Kier molecular flexibility index (Phi) is 17.6. The Bertz CT molecular complexity index is 718. The van der Waals surface area contributed by atoms with Crippen molar-refractivity contribution in [1.29, 1.82) is 0 Å². The highest BCUT2D eigenvalue weighted by molar-refractivity contribution is 5.94. The number of carbonyl (C=O) groups excluding carboxylic acids is 3. The minimum atomic E-state index is -1.22. The van der Waals surface area contributed by atoms with E-state index < -0.39 is 54.5 Å². The van der Waals surface area contributed by atoms with Gasteiger partial charge in [-0.2, -0.15) is 0 Å². The number of aliphatic carboxylic acids is 1. The van der Waals surface area contributed by atoms with Crippen LogP contribution in [0.25, 0.3) is 0 Å². The fourth-order valence-electron chi connectivity index (χ4n) is 3.19. The quantitative estimate of drug-likeness (QED) is 0.0423. The molecule has 0 fully saturated rings. The fraction of sp³-hybridized carbons (Fsp3) is 0.762. The van der Waals surface area contributed by atoms with E-state index in [2.05, 4.69) is 20.9 Å². The largest absolute Gasteiger partial charge is 0.480 e. The summed E-state index contributed by atoms with van der Waals surface area (Å²) in [6.45, 7) is 0.346. The van der Waals surface area contributed by atoms with Gasteiger partial charge in [0.2, 0.25) is 17.7 Å². The molecule has 0 bridgehead atoms. The number of carboxylic acid groups (broad SMARTS) is 1. The Morgan fingerprint density at radius 1 is 0.722 bits per heavy atom. The molecule has 0 aliphatic carbocycles. The van der Waals surface area contributed by atoms with Crippen LogP contribution >= 0.6 is 0 Å². The van der Waals surface area contributed by atoms with Crippen LogP contribution in [0.4, 0.5) is 0 Å². The standard InChI is InChI=1S/C21H43N9O6/c22-9-3-1-6-14(28-17(32)13(24)12-31)18(33)29-15(8-5-11-27-21(25)26)19(34)30-16(20(35)36)7-2-4-10-23/h13-16,31H,1-12,22-24H2,(H,28,32)(H,29,33)(H,30,34)(H,35,36)(H4,25,26,27). The van der Waals surface area contributed by atoms with Crippen molar-refractivity contribution in [2.75, 3.05) is 26.2 Å². The van der Waals surface area contributed by atoms with E-state index >= 15 is 0 Å². The van der Waals surface area contributed by atoms with Gasteiger partial charge in [0.25, 0.3) is 0 Å². The third-order valence-electron chi connectivity index (χ3n) is 5.25. The molecule has 4 atom stereocenters. The maximum atomic E-state index is 13.0. The first-order valence-corrected chi connectivity index (χ1v) is 12.0. The highest BCUT2D eigenvalue weighted by Gasteiger charge is 2.29. The van der Waals surface area contributed by atoms with E-state index in [1.807, 2.05) is 0 Å². The molecule has 0 heterocycles. The second-order valence-electron chi connectivity index (χ2n) is 8.33. The molecule has 0 aromatic heterocycles. The number of unbranched alkanes of at least 4 members (excludes halogenated alkanes) is 2. The molecule has 36 heavy (non-hydrogen) atoms. The van der Waals surface area contributed by atoms with Gasteiger partial charge in [-0.25, -0.2) is 4.79 Å². The monoisotopic (exact) mass is 517 g/mol. The lowest BCUT2D eigenvalue weighted by molar-refractivity contribution is -0.142. The number of hydrogen-bond donors (Lipinski definition) is 10. The molecule has 0 saturated heterocycles. The molecule has 0 radical (unpaired) electrons. The van der Waals surface area contributed by atoms with Gasteiger partial charge in [0.05, 0.1) is 6.61 Å². The number of nitrogens with one attached hydrogen (secondary N) is 3. The highest BCUT2D eigenvalue weighted by atomic mass is 16.4. The summed E-state index contributed by atoms with van der Waals surface area (Å²) in [4.78, 5) is 53.6. The number of aliphatic imine (C=N–C) groups is 1. The maximum absolute atomic E-state index is 13.0. The van der Waals surface area contributed by atoms with E-state index in [9.17, 15) is 24.3 Å². The summed E-state index contributed by atoms with van der Waals surface area (Å²) < 4.78 is 0. The lowest BCUT2D eigenvalue weighted by Gasteiger charge is -2.25. The molecule has 0 aliphatic heterocycles. The normalized spacial score (nSPS) is 14.1. The minimum Gasteiger partial charge on any atom is -0.480 e. The van der Waals surface area contributed by atoms with Gasteiger partial charge >= 0.3 is 5.97 Å². The molecule has 4 unspecified atom stereocenters. The van der Waals surface area contributed by atoms with Crippen LogP contribution in [0.15, 0.2) is 4.99 Å². The van der Waals surface area contributed by atoms with Gasteiger partial charge in [-0.05, 0) is 64.5 Å². The van der Waals surface area contributed by atoms with Gasteiger partial charge in [-0.15, -0.1) is 0 Å². The summed E-state index contributed by atoms with van der Waals surface area (Å²) in [7, 11) is 0. The predicted octanol–water partition coefficient (Wildman–Crippen LogP) is -3.84. The van der Waals surface area contributed by atoms with Crippen LogP contribution in [0, 0.1) is 0 Å². The van der Waals surface area contributed by atoms with Gasteiger partial charge in [0.15, 0.2) is 5.96 Å². The second kappa shape index (κ2) is 19.2. The number of carbonyl (C=O) groups is 4. The zero-order valence-electron chi connectivity index (χ0n) is 20.7. The molecule has 3 amide bonds. The summed E-state index contributed by atoms with van der Waals surface area (Å²) in [5.41, 5.74) is 27.1. The number of hydrogen-bond acceptors (Lipinski definition) is 9. The molecular formula is C21H43N9O6. The maximum Gasteiger partial charge on any atom is 0.326 e. The van der Waals surface area contributed by atoms with E-state index in [0.29, 0.717) is 45.2 Å². The fourth-order valence-corrected chi connectivity index (χ4v) is 3.19. The molecule has 208 valence electrons. The Balaban J connectivity index is 5.55. The van der Waals surface area contributed by atoms with E-state index in [1.165, 1.54) is 0 Å². The number of aliphatic hydroxyl groups excluding tert-OH is 1. The lowest BCUT2D eigenvalue weighted by atomic mass is 10.0. The Labute approximate surface area is 211 Å². The van der Waals surface area contributed by atoms with Crippen LogP contribution in [-0.2, 0) is 19.2 Å². The van der Waals surface area contributed by atoms with Crippen LogP contribution in [0.3, 0.4) is 0 Å². The van der Waals surface area contributed by atoms with Crippen molar-refractivity contribution in [1.82, 2.24) is 16.0 Å². The van der Waals surface area contributed by atoms with Crippen LogP contribution in [0.5, 0.6) is 0 Å². The summed E-state index contributed by atoms with van der Waals surface area (Å²) in [5, 5.41) is 26.1. The molecule has 0 aromatic rings. The van der Waals surface area contributed by atoms with Gasteiger partial charge in [0, 0.05) is 6.54 Å². The van der Waals surface area contributed by atoms with Crippen molar-refractivity contribution in [3.63, 3.8) is 0 Å². The van der Waals surface area contributed by atoms with Gasteiger partial charge in [0.1, 0.15) is 24.2 Å². The molecule has 0 spiro atoms. The first-order valence-electron chi connectivity index (χ1n) is 12.0. The average molecular weight is 518 g/mol. The van der Waals surface area contributed by atoms with E-state index in [4.69, 9.17) is 33.8 Å².